The van der Waals surface area contributed by atoms with E-state index >= 15 is 0 Å². The third kappa shape index (κ3) is 4.32. The minimum atomic E-state index is -0.285. The Kier molecular flexibility index (Phi) is 6.18. The normalized spacial score (nSPS) is 24.0. The van der Waals surface area contributed by atoms with E-state index < -0.39 is 0 Å². The van der Waals surface area contributed by atoms with E-state index in [1.165, 1.54) is 25.7 Å². The van der Waals surface area contributed by atoms with Gasteiger partial charge in [0.15, 0.2) is 0 Å². The number of amides is 1. The van der Waals surface area contributed by atoms with Crippen molar-refractivity contribution >= 4 is 5.91 Å². The van der Waals surface area contributed by atoms with Crippen LogP contribution in [0.3, 0.4) is 0 Å². The number of carbonyl (C=O) groups is 1. The molecule has 0 bridgehead atoms. The van der Waals surface area contributed by atoms with Gasteiger partial charge in [0.05, 0.1) is 25.9 Å². The van der Waals surface area contributed by atoms with Crippen LogP contribution in [0, 0.1) is 0 Å². The van der Waals surface area contributed by atoms with Gasteiger partial charge in [-0.3, -0.25) is 14.7 Å². The van der Waals surface area contributed by atoms with Gasteiger partial charge in [0.25, 0.3) is 0 Å². The number of morpholine rings is 1. The standard InChI is InChI=1S/C18H27N3O3/c22-12-15(11-14-5-7-19-8-6-14)20-18(23)17-13-24-10-9-21(17)16-3-1-2-4-16/h5-8,15-17,22H,1-4,9-13H2,(H,20,23)/t15-,17+/m0/s1. The molecule has 1 aliphatic heterocycles. The third-order valence-corrected chi connectivity index (χ3v) is 5.06. The molecule has 3 rings (SSSR count). The fraction of sp³-hybridized carbons (Fsp3) is 0.667. The van der Waals surface area contributed by atoms with Crippen LogP contribution in [0.15, 0.2) is 24.5 Å². The molecule has 2 N–H and O–H groups in total. The summed E-state index contributed by atoms with van der Waals surface area (Å²) in [5, 5.41) is 12.6. The molecule has 0 spiro atoms. The van der Waals surface area contributed by atoms with Crippen molar-refractivity contribution in [2.75, 3.05) is 26.4 Å². The molecular weight excluding hydrogens is 306 g/mol. The maximum absolute atomic E-state index is 12.8. The smallest absolute Gasteiger partial charge is 0.240 e. The third-order valence-electron chi connectivity index (χ3n) is 5.06. The topological polar surface area (TPSA) is 74.7 Å². The average Bonchev–Trinajstić information content (AvgIpc) is 3.16. The molecule has 0 aromatic carbocycles. The monoisotopic (exact) mass is 333 g/mol. The van der Waals surface area contributed by atoms with E-state index in [0.717, 1.165) is 12.1 Å². The van der Waals surface area contributed by atoms with Gasteiger partial charge in [-0.25, -0.2) is 0 Å². The molecule has 1 amide bonds. The van der Waals surface area contributed by atoms with Gasteiger partial charge in [0.2, 0.25) is 5.91 Å². The van der Waals surface area contributed by atoms with Crippen molar-refractivity contribution in [2.45, 2.75) is 50.2 Å². The number of nitrogens with zero attached hydrogens (tertiary/aromatic N) is 2. The van der Waals surface area contributed by atoms with E-state index in [1.54, 1.807) is 12.4 Å². The number of rotatable bonds is 6. The Balaban J connectivity index is 1.60. The van der Waals surface area contributed by atoms with Crippen molar-refractivity contribution < 1.29 is 14.6 Å². The van der Waals surface area contributed by atoms with Crippen LogP contribution in [0.25, 0.3) is 0 Å². The summed E-state index contributed by atoms with van der Waals surface area (Å²) >= 11 is 0. The average molecular weight is 333 g/mol. The highest BCUT2D eigenvalue weighted by Crippen LogP contribution is 2.26. The van der Waals surface area contributed by atoms with Gasteiger partial charge in [0.1, 0.15) is 6.04 Å². The van der Waals surface area contributed by atoms with Crippen LogP contribution in [0.1, 0.15) is 31.2 Å². The zero-order chi connectivity index (χ0) is 16.8. The maximum Gasteiger partial charge on any atom is 0.240 e. The van der Waals surface area contributed by atoms with E-state index in [4.69, 9.17) is 4.74 Å². The highest BCUT2D eigenvalue weighted by atomic mass is 16.5. The Hall–Kier alpha value is -1.50. The Labute approximate surface area is 143 Å². The summed E-state index contributed by atoms with van der Waals surface area (Å²) in [4.78, 5) is 19.1. The second-order valence-corrected chi connectivity index (χ2v) is 6.71. The predicted molar refractivity (Wildman–Crippen MR) is 90.5 cm³/mol. The molecular formula is C18H27N3O3. The molecule has 2 aliphatic rings. The summed E-state index contributed by atoms with van der Waals surface area (Å²) in [7, 11) is 0. The molecule has 2 heterocycles. The summed E-state index contributed by atoms with van der Waals surface area (Å²) in [5.74, 6) is -0.0327. The number of aromatic nitrogens is 1. The van der Waals surface area contributed by atoms with Crippen LogP contribution >= 0.6 is 0 Å². The van der Waals surface area contributed by atoms with Crippen LogP contribution in [-0.2, 0) is 16.0 Å². The fourth-order valence-electron chi connectivity index (χ4n) is 3.78. The molecule has 24 heavy (non-hydrogen) atoms. The van der Waals surface area contributed by atoms with Crippen LogP contribution in [0.2, 0.25) is 0 Å². The van der Waals surface area contributed by atoms with E-state index in [9.17, 15) is 9.90 Å². The summed E-state index contributed by atoms with van der Waals surface area (Å²) in [6.45, 7) is 1.87. The maximum atomic E-state index is 12.8. The Morgan fingerprint density at radius 3 is 2.83 bits per heavy atom. The lowest BCUT2D eigenvalue weighted by atomic mass is 10.1. The van der Waals surface area contributed by atoms with Crippen molar-refractivity contribution in [2.24, 2.45) is 0 Å². The van der Waals surface area contributed by atoms with Gasteiger partial charge in [-0.2, -0.15) is 0 Å². The molecule has 6 heteroatoms. The molecule has 132 valence electrons. The lowest BCUT2D eigenvalue weighted by Gasteiger charge is -2.39. The number of pyridine rings is 1. The number of aliphatic hydroxyl groups is 1. The van der Waals surface area contributed by atoms with Gasteiger partial charge in [-0.15, -0.1) is 0 Å². The number of hydrogen-bond donors (Lipinski definition) is 2. The number of aliphatic hydroxyl groups excluding tert-OH is 1. The Morgan fingerprint density at radius 2 is 2.12 bits per heavy atom. The van der Waals surface area contributed by atoms with Crippen LogP contribution in [0.4, 0.5) is 0 Å². The highest BCUT2D eigenvalue weighted by Gasteiger charge is 2.35. The zero-order valence-corrected chi connectivity index (χ0v) is 14.1. The van der Waals surface area contributed by atoms with Gasteiger partial charge < -0.3 is 15.2 Å². The predicted octanol–water partition coefficient (Wildman–Crippen LogP) is 0.745. The molecule has 1 aliphatic carbocycles. The first-order valence-electron chi connectivity index (χ1n) is 8.91. The minimum absolute atomic E-state index is 0.0327. The minimum Gasteiger partial charge on any atom is -0.394 e. The van der Waals surface area contributed by atoms with Crippen LogP contribution in [-0.4, -0.2) is 65.4 Å². The number of ether oxygens (including phenoxy) is 1. The summed E-state index contributed by atoms with van der Waals surface area (Å²) in [6, 6.07) is 3.78. The quantitative estimate of drug-likeness (QED) is 0.803. The summed E-state index contributed by atoms with van der Waals surface area (Å²) in [5.41, 5.74) is 1.05. The molecule has 1 saturated heterocycles. The molecule has 0 radical (unpaired) electrons. The molecule has 1 aromatic heterocycles. The van der Waals surface area contributed by atoms with Crippen molar-refractivity contribution in [3.63, 3.8) is 0 Å². The Bertz CT molecular complexity index is 520. The van der Waals surface area contributed by atoms with Crippen LogP contribution in [0.5, 0.6) is 0 Å². The van der Waals surface area contributed by atoms with Crippen molar-refractivity contribution in [3.8, 4) is 0 Å². The van der Waals surface area contributed by atoms with Gasteiger partial charge in [0, 0.05) is 25.0 Å². The molecule has 1 aromatic rings. The first-order chi connectivity index (χ1) is 11.8. The van der Waals surface area contributed by atoms with E-state index in [-0.39, 0.29) is 24.6 Å². The summed E-state index contributed by atoms with van der Waals surface area (Å²) < 4.78 is 5.55. The van der Waals surface area contributed by atoms with Crippen molar-refractivity contribution in [1.29, 1.82) is 0 Å². The highest BCUT2D eigenvalue weighted by molar-refractivity contribution is 5.82. The lowest BCUT2D eigenvalue weighted by molar-refractivity contribution is -0.135. The van der Waals surface area contributed by atoms with Gasteiger partial charge in [-0.05, 0) is 37.0 Å². The second kappa shape index (κ2) is 8.55. The molecule has 6 nitrogen and oxygen atoms in total. The molecule has 1 saturated carbocycles. The number of nitrogens with one attached hydrogen (secondary N) is 1. The largest absolute Gasteiger partial charge is 0.394 e. The van der Waals surface area contributed by atoms with E-state index in [2.05, 4.69) is 15.2 Å². The second-order valence-electron chi connectivity index (χ2n) is 6.71. The zero-order valence-electron chi connectivity index (χ0n) is 14.1. The van der Waals surface area contributed by atoms with E-state index in [1.807, 2.05) is 12.1 Å². The molecule has 2 fully saturated rings. The van der Waals surface area contributed by atoms with Crippen LogP contribution < -0.4 is 5.32 Å². The molecule has 2 atom stereocenters. The first kappa shape index (κ1) is 17.3. The Morgan fingerprint density at radius 1 is 1.38 bits per heavy atom. The van der Waals surface area contributed by atoms with Crippen molar-refractivity contribution in [3.05, 3.63) is 30.1 Å². The first-order valence-corrected chi connectivity index (χ1v) is 8.91. The number of carbonyl (C=O) groups excluding carboxylic acids is 1. The summed E-state index contributed by atoms with van der Waals surface area (Å²) in [6.07, 6.45) is 8.89. The molecule has 0 unspecified atom stereocenters. The van der Waals surface area contributed by atoms with Gasteiger partial charge in [-0.1, -0.05) is 12.8 Å². The SMILES string of the molecule is O=C(N[C@H](CO)Cc1ccncc1)[C@H]1COCCN1C1CCCC1. The fourth-order valence-corrected chi connectivity index (χ4v) is 3.78. The van der Waals surface area contributed by atoms with Gasteiger partial charge >= 0.3 is 0 Å². The van der Waals surface area contributed by atoms with E-state index in [0.29, 0.717) is 25.7 Å². The van der Waals surface area contributed by atoms with Crippen molar-refractivity contribution in [1.82, 2.24) is 15.2 Å². The lowest BCUT2D eigenvalue weighted by Crippen LogP contribution is -2.58. The number of hydrogen-bond acceptors (Lipinski definition) is 5.